The average Bonchev–Trinajstić information content (AvgIpc) is 2.97. The fourth-order valence-corrected chi connectivity index (χ4v) is 3.19. The molecular formula is C19H23N3O4. The van der Waals surface area contributed by atoms with E-state index in [0.29, 0.717) is 25.0 Å². The minimum Gasteiger partial charge on any atom is -0.490 e. The summed E-state index contributed by atoms with van der Waals surface area (Å²) < 4.78 is 23.0. The molecular weight excluding hydrogens is 334 g/mol. The second-order valence-electron chi connectivity index (χ2n) is 6.73. The van der Waals surface area contributed by atoms with Gasteiger partial charge >= 0.3 is 0 Å². The van der Waals surface area contributed by atoms with E-state index in [2.05, 4.69) is 22.1 Å². The molecule has 1 aromatic carbocycles. The van der Waals surface area contributed by atoms with Crippen molar-refractivity contribution >= 4 is 12.2 Å². The van der Waals surface area contributed by atoms with E-state index < -0.39 is 0 Å². The lowest BCUT2D eigenvalue weighted by atomic mass is 10.2. The van der Waals surface area contributed by atoms with Crippen molar-refractivity contribution in [3.05, 3.63) is 35.5 Å². The van der Waals surface area contributed by atoms with Crippen molar-refractivity contribution in [2.75, 3.05) is 33.4 Å². The number of nitrogens with zero attached hydrogens (tertiary/aromatic N) is 3. The molecule has 1 aromatic heterocycles. The van der Waals surface area contributed by atoms with E-state index in [1.54, 1.807) is 6.08 Å². The number of fused-ring (bicyclic) bond motifs is 1. The van der Waals surface area contributed by atoms with Gasteiger partial charge in [-0.3, -0.25) is 0 Å². The van der Waals surface area contributed by atoms with Crippen LogP contribution in [0.5, 0.6) is 11.5 Å². The van der Waals surface area contributed by atoms with E-state index in [1.165, 1.54) is 0 Å². The predicted octanol–water partition coefficient (Wildman–Crippen LogP) is 2.79. The highest BCUT2D eigenvalue weighted by Gasteiger charge is 2.28. The van der Waals surface area contributed by atoms with Crippen molar-refractivity contribution in [2.24, 2.45) is 0 Å². The maximum atomic E-state index is 5.90. The fourth-order valence-electron chi connectivity index (χ4n) is 3.19. The molecule has 7 nitrogen and oxygen atoms in total. The molecule has 0 spiro atoms. The Morgan fingerprint density at radius 1 is 1.08 bits per heavy atom. The van der Waals surface area contributed by atoms with Crippen molar-refractivity contribution in [3.63, 3.8) is 0 Å². The van der Waals surface area contributed by atoms with Gasteiger partial charge in [-0.2, -0.15) is 0 Å². The smallest absolute Gasteiger partial charge is 0.246 e. The van der Waals surface area contributed by atoms with Crippen LogP contribution in [0.4, 0.5) is 0 Å². The van der Waals surface area contributed by atoms with Gasteiger partial charge in [-0.15, -0.1) is 10.2 Å². The predicted molar refractivity (Wildman–Crippen MR) is 96.1 cm³/mol. The molecule has 2 atom stereocenters. The van der Waals surface area contributed by atoms with Gasteiger partial charge in [0.1, 0.15) is 6.10 Å². The Morgan fingerprint density at radius 3 is 2.77 bits per heavy atom. The molecule has 1 saturated heterocycles. The number of rotatable bonds is 3. The van der Waals surface area contributed by atoms with Crippen LogP contribution in [-0.2, 0) is 4.74 Å². The van der Waals surface area contributed by atoms with Gasteiger partial charge in [0.15, 0.2) is 11.5 Å². The number of hydrogen-bond donors (Lipinski definition) is 0. The first-order valence-corrected chi connectivity index (χ1v) is 8.92. The topological polar surface area (TPSA) is 69.9 Å². The van der Waals surface area contributed by atoms with Crippen molar-refractivity contribution < 1.29 is 18.6 Å². The lowest BCUT2D eigenvalue weighted by Crippen LogP contribution is -2.40. The van der Waals surface area contributed by atoms with Crippen molar-refractivity contribution in [2.45, 2.75) is 25.6 Å². The third-order valence-corrected chi connectivity index (χ3v) is 4.36. The standard InChI is InChI=1S/C19H23N3O4/c1-13-11-22(2)12-17(25-13)19-21-20-18(26-19)7-5-14-4-6-15-16(10-14)24-9-3-8-23-15/h4-7,10,13,17H,3,8-9,11-12H2,1-2H3/t13-,17-/m1/s1. The SMILES string of the molecule is C[C@@H]1CN(C)C[C@H](c2nnc(C=Cc3ccc4c(c3)OCCCO4)o2)O1. The number of aromatic nitrogens is 2. The summed E-state index contributed by atoms with van der Waals surface area (Å²) in [6, 6.07) is 5.85. The third kappa shape index (κ3) is 3.89. The summed E-state index contributed by atoms with van der Waals surface area (Å²) in [4.78, 5) is 2.20. The molecule has 26 heavy (non-hydrogen) atoms. The Bertz CT molecular complexity index is 779. The van der Waals surface area contributed by atoms with Crippen LogP contribution in [0, 0.1) is 0 Å². The van der Waals surface area contributed by atoms with Crippen LogP contribution in [0.3, 0.4) is 0 Å². The summed E-state index contributed by atoms with van der Waals surface area (Å²) in [6.07, 6.45) is 4.57. The Labute approximate surface area is 152 Å². The van der Waals surface area contributed by atoms with E-state index in [4.69, 9.17) is 18.6 Å². The van der Waals surface area contributed by atoms with Crippen LogP contribution >= 0.6 is 0 Å². The maximum Gasteiger partial charge on any atom is 0.246 e. The molecule has 3 heterocycles. The zero-order valence-electron chi connectivity index (χ0n) is 15.1. The third-order valence-electron chi connectivity index (χ3n) is 4.36. The monoisotopic (exact) mass is 357 g/mol. The van der Waals surface area contributed by atoms with Gasteiger partial charge < -0.3 is 23.5 Å². The van der Waals surface area contributed by atoms with Crippen molar-refractivity contribution in [1.29, 1.82) is 0 Å². The second kappa shape index (κ2) is 7.47. The van der Waals surface area contributed by atoms with Crippen molar-refractivity contribution in [1.82, 2.24) is 15.1 Å². The molecule has 138 valence electrons. The summed E-state index contributed by atoms with van der Waals surface area (Å²) in [5.74, 6) is 2.52. The highest BCUT2D eigenvalue weighted by molar-refractivity contribution is 5.67. The average molecular weight is 357 g/mol. The number of benzene rings is 1. The van der Waals surface area contributed by atoms with Gasteiger partial charge in [-0.25, -0.2) is 0 Å². The summed E-state index contributed by atoms with van der Waals surface area (Å²) >= 11 is 0. The van der Waals surface area contributed by atoms with Crippen molar-refractivity contribution in [3.8, 4) is 11.5 Å². The van der Waals surface area contributed by atoms with Gasteiger partial charge in [0.2, 0.25) is 11.8 Å². The zero-order valence-corrected chi connectivity index (χ0v) is 15.1. The molecule has 0 N–H and O–H groups in total. The first-order valence-electron chi connectivity index (χ1n) is 8.92. The van der Waals surface area contributed by atoms with E-state index in [1.807, 2.05) is 31.2 Å². The molecule has 2 aliphatic heterocycles. The summed E-state index contributed by atoms with van der Waals surface area (Å²) in [5, 5.41) is 8.24. The van der Waals surface area contributed by atoms with Crippen LogP contribution < -0.4 is 9.47 Å². The molecule has 0 bridgehead atoms. The molecule has 0 amide bonds. The summed E-state index contributed by atoms with van der Waals surface area (Å²) in [5.41, 5.74) is 0.983. The first-order chi connectivity index (χ1) is 12.7. The van der Waals surface area contributed by atoms with Crippen LogP contribution in [-0.4, -0.2) is 54.6 Å². The summed E-state index contributed by atoms with van der Waals surface area (Å²) in [7, 11) is 2.06. The molecule has 0 radical (unpaired) electrons. The zero-order chi connectivity index (χ0) is 17.9. The maximum absolute atomic E-state index is 5.90. The van der Waals surface area contributed by atoms with Crippen LogP contribution in [0.1, 0.15) is 36.8 Å². The lowest BCUT2D eigenvalue weighted by molar-refractivity contribution is -0.0823. The molecule has 4 rings (SSSR count). The van der Waals surface area contributed by atoms with Gasteiger partial charge in [0.05, 0.1) is 19.3 Å². The quantitative estimate of drug-likeness (QED) is 0.836. The minimum absolute atomic E-state index is 0.145. The Hall–Kier alpha value is -2.38. The first kappa shape index (κ1) is 17.1. The molecule has 7 heteroatoms. The second-order valence-corrected chi connectivity index (χ2v) is 6.73. The number of ether oxygens (including phenoxy) is 3. The largest absolute Gasteiger partial charge is 0.490 e. The molecule has 1 fully saturated rings. The lowest BCUT2D eigenvalue weighted by Gasteiger charge is -2.32. The number of hydrogen-bond acceptors (Lipinski definition) is 7. The van der Waals surface area contributed by atoms with Gasteiger partial charge in [0, 0.05) is 25.6 Å². The Kier molecular flexibility index (Phi) is 4.90. The van der Waals surface area contributed by atoms with E-state index >= 15 is 0 Å². The Balaban J connectivity index is 1.46. The number of likely N-dealkylation sites (N-methyl/N-ethyl adjacent to an activating group) is 1. The molecule has 2 aromatic rings. The van der Waals surface area contributed by atoms with Crippen LogP contribution in [0.15, 0.2) is 22.6 Å². The fraction of sp³-hybridized carbons (Fsp3) is 0.474. The molecule has 0 aliphatic carbocycles. The number of morpholine rings is 1. The minimum atomic E-state index is -0.184. The van der Waals surface area contributed by atoms with E-state index in [9.17, 15) is 0 Å². The summed E-state index contributed by atoms with van der Waals surface area (Å²) in [6.45, 7) is 5.05. The normalized spacial score (nSPS) is 23.9. The van der Waals surface area contributed by atoms with Crippen LogP contribution in [0.25, 0.3) is 12.2 Å². The van der Waals surface area contributed by atoms with Gasteiger partial charge in [-0.05, 0) is 37.7 Å². The van der Waals surface area contributed by atoms with E-state index in [-0.39, 0.29) is 12.2 Å². The van der Waals surface area contributed by atoms with Crippen LogP contribution in [0.2, 0.25) is 0 Å². The Morgan fingerprint density at radius 2 is 1.92 bits per heavy atom. The van der Waals surface area contributed by atoms with Gasteiger partial charge in [-0.1, -0.05) is 6.07 Å². The molecule has 2 aliphatic rings. The molecule has 0 unspecified atom stereocenters. The van der Waals surface area contributed by atoms with E-state index in [0.717, 1.165) is 36.6 Å². The highest BCUT2D eigenvalue weighted by Crippen LogP contribution is 2.31. The highest BCUT2D eigenvalue weighted by atomic mass is 16.5. The molecule has 0 saturated carbocycles. The van der Waals surface area contributed by atoms with Gasteiger partial charge in [0.25, 0.3) is 0 Å².